The van der Waals surface area contributed by atoms with Gasteiger partial charge in [0.15, 0.2) is 0 Å². The van der Waals surface area contributed by atoms with Crippen LogP contribution in [0.25, 0.3) is 0 Å². The number of rotatable bonds is 3. The van der Waals surface area contributed by atoms with Crippen molar-refractivity contribution in [2.45, 2.75) is 38.3 Å². The quantitative estimate of drug-likeness (QED) is 0.845. The number of nitrogens with zero attached hydrogens (tertiary/aromatic N) is 1. The van der Waals surface area contributed by atoms with E-state index in [1.54, 1.807) is 0 Å². The van der Waals surface area contributed by atoms with E-state index in [0.717, 1.165) is 54.7 Å². The number of likely N-dealkylation sites (tertiary alicyclic amines) is 1. The van der Waals surface area contributed by atoms with Gasteiger partial charge >= 0.3 is 6.03 Å². The number of ether oxygens (including phenoxy) is 1. The molecule has 5 nitrogen and oxygen atoms in total. The fourth-order valence-electron chi connectivity index (χ4n) is 3.36. The number of piperidine rings is 1. The number of amides is 2. The summed E-state index contributed by atoms with van der Waals surface area (Å²) in [5, 5.41) is 6.24. The summed E-state index contributed by atoms with van der Waals surface area (Å²) >= 11 is 3.49. The number of nitrogens with one attached hydrogen (secondary N) is 2. The van der Waals surface area contributed by atoms with Crippen LogP contribution in [-0.2, 0) is 0 Å². The molecule has 126 valence electrons. The van der Waals surface area contributed by atoms with E-state index in [2.05, 4.69) is 38.4 Å². The van der Waals surface area contributed by atoms with Crippen LogP contribution in [0.3, 0.4) is 0 Å². The minimum atomic E-state index is -0.0780. The van der Waals surface area contributed by atoms with E-state index in [4.69, 9.17) is 4.74 Å². The number of carbonyl (C=O) groups is 1. The summed E-state index contributed by atoms with van der Waals surface area (Å²) in [5.74, 6) is 0.861. The van der Waals surface area contributed by atoms with Gasteiger partial charge < -0.3 is 20.3 Å². The van der Waals surface area contributed by atoms with Crippen molar-refractivity contribution in [2.75, 3.05) is 26.2 Å². The zero-order valence-electron chi connectivity index (χ0n) is 13.5. The lowest BCUT2D eigenvalue weighted by Crippen LogP contribution is -2.51. The second-order valence-corrected chi connectivity index (χ2v) is 7.14. The molecule has 2 aliphatic rings. The molecule has 2 aliphatic heterocycles. The lowest BCUT2D eigenvalue weighted by atomic mass is 10.0. The number of likely N-dealkylation sites (N-methyl/N-ethyl adjacent to an activating group) is 1. The lowest BCUT2D eigenvalue weighted by molar-refractivity contribution is 0.188. The Balaban J connectivity index is 1.59. The fourth-order valence-corrected chi connectivity index (χ4v) is 3.74. The Morgan fingerprint density at radius 1 is 1.39 bits per heavy atom. The van der Waals surface area contributed by atoms with Crippen LogP contribution in [0.1, 0.15) is 37.8 Å². The number of halogens is 1. The van der Waals surface area contributed by atoms with E-state index in [1.165, 1.54) is 0 Å². The highest BCUT2D eigenvalue weighted by Gasteiger charge is 2.25. The van der Waals surface area contributed by atoms with Gasteiger partial charge in [0.1, 0.15) is 5.75 Å². The van der Waals surface area contributed by atoms with Crippen LogP contribution in [0.15, 0.2) is 22.7 Å². The SMILES string of the molecule is CCN1CCC[C@H](NC(=O)N[C@@H]2CCOc3ccc(Br)cc32)C1. The van der Waals surface area contributed by atoms with Crippen molar-refractivity contribution >= 4 is 22.0 Å². The molecule has 1 aromatic rings. The number of fused-ring (bicyclic) bond motifs is 1. The molecule has 1 fully saturated rings. The molecule has 6 heteroatoms. The summed E-state index contributed by atoms with van der Waals surface area (Å²) in [5.41, 5.74) is 1.04. The fraction of sp³-hybridized carbons (Fsp3) is 0.588. The van der Waals surface area contributed by atoms with Crippen molar-refractivity contribution < 1.29 is 9.53 Å². The molecule has 0 spiro atoms. The van der Waals surface area contributed by atoms with Crippen LogP contribution in [0.2, 0.25) is 0 Å². The smallest absolute Gasteiger partial charge is 0.315 e. The van der Waals surface area contributed by atoms with Crippen LogP contribution >= 0.6 is 15.9 Å². The molecule has 0 aromatic heterocycles. The van der Waals surface area contributed by atoms with Gasteiger partial charge in [0.2, 0.25) is 0 Å². The molecule has 0 radical (unpaired) electrons. The number of hydrogen-bond acceptors (Lipinski definition) is 3. The Morgan fingerprint density at radius 2 is 2.26 bits per heavy atom. The van der Waals surface area contributed by atoms with Crippen molar-refractivity contribution in [3.8, 4) is 5.75 Å². The molecule has 0 aliphatic carbocycles. The summed E-state index contributed by atoms with van der Waals surface area (Å²) in [6, 6.07) is 6.10. The Kier molecular flexibility index (Phi) is 5.43. The molecule has 3 rings (SSSR count). The molecule has 0 bridgehead atoms. The molecular weight excluding hydrogens is 358 g/mol. The first-order valence-corrected chi connectivity index (χ1v) is 9.16. The van der Waals surface area contributed by atoms with E-state index in [0.29, 0.717) is 6.61 Å². The molecular formula is C17H24BrN3O2. The zero-order chi connectivity index (χ0) is 16.2. The van der Waals surface area contributed by atoms with Crippen LogP contribution in [0.4, 0.5) is 4.79 Å². The summed E-state index contributed by atoms with van der Waals surface area (Å²) in [6.07, 6.45) is 2.99. The largest absolute Gasteiger partial charge is 0.493 e. The summed E-state index contributed by atoms with van der Waals surface area (Å²) in [7, 11) is 0. The van der Waals surface area contributed by atoms with Crippen molar-refractivity contribution in [2.24, 2.45) is 0 Å². The van der Waals surface area contributed by atoms with Crippen LogP contribution < -0.4 is 15.4 Å². The van der Waals surface area contributed by atoms with Gasteiger partial charge in [-0.2, -0.15) is 0 Å². The normalized spacial score (nSPS) is 24.4. The second-order valence-electron chi connectivity index (χ2n) is 6.22. The topological polar surface area (TPSA) is 53.6 Å². The zero-order valence-corrected chi connectivity index (χ0v) is 15.1. The van der Waals surface area contributed by atoms with Gasteiger partial charge in [-0.3, -0.25) is 0 Å². The van der Waals surface area contributed by atoms with Gasteiger partial charge in [-0.05, 0) is 44.1 Å². The predicted molar refractivity (Wildman–Crippen MR) is 93.8 cm³/mol. The van der Waals surface area contributed by atoms with E-state index in [-0.39, 0.29) is 18.1 Å². The predicted octanol–water partition coefficient (Wildman–Crippen LogP) is 3.06. The highest BCUT2D eigenvalue weighted by Crippen LogP contribution is 2.34. The third-order valence-electron chi connectivity index (χ3n) is 4.60. The number of hydrogen-bond donors (Lipinski definition) is 2. The Hall–Kier alpha value is -1.27. The van der Waals surface area contributed by atoms with Gasteiger partial charge in [0.05, 0.1) is 12.6 Å². The molecule has 1 aromatic carbocycles. The van der Waals surface area contributed by atoms with Gasteiger partial charge in [0.25, 0.3) is 0 Å². The van der Waals surface area contributed by atoms with Gasteiger partial charge in [-0.15, -0.1) is 0 Å². The number of carbonyl (C=O) groups excluding carboxylic acids is 1. The molecule has 2 heterocycles. The molecule has 2 amide bonds. The summed E-state index contributed by atoms with van der Waals surface area (Å²) < 4.78 is 6.67. The summed E-state index contributed by atoms with van der Waals surface area (Å²) in [4.78, 5) is 14.8. The summed E-state index contributed by atoms with van der Waals surface area (Å²) in [6.45, 7) is 5.92. The van der Waals surface area contributed by atoms with Crippen molar-refractivity contribution in [1.82, 2.24) is 15.5 Å². The van der Waals surface area contributed by atoms with Crippen molar-refractivity contribution in [3.63, 3.8) is 0 Å². The molecule has 2 N–H and O–H groups in total. The highest BCUT2D eigenvalue weighted by atomic mass is 79.9. The first-order chi connectivity index (χ1) is 11.2. The average molecular weight is 382 g/mol. The average Bonchev–Trinajstić information content (AvgIpc) is 2.55. The second kappa shape index (κ2) is 7.53. The Bertz CT molecular complexity index is 567. The number of urea groups is 1. The van der Waals surface area contributed by atoms with Crippen molar-refractivity contribution in [1.29, 1.82) is 0 Å². The Labute approximate surface area is 145 Å². The maximum atomic E-state index is 12.4. The first kappa shape index (κ1) is 16.6. The maximum absolute atomic E-state index is 12.4. The van der Waals surface area contributed by atoms with Gasteiger partial charge in [0, 0.05) is 29.0 Å². The van der Waals surface area contributed by atoms with Crippen LogP contribution in [0, 0.1) is 0 Å². The molecule has 0 unspecified atom stereocenters. The minimum absolute atomic E-state index is 0.00196. The van der Waals surface area contributed by atoms with Crippen LogP contribution in [-0.4, -0.2) is 43.2 Å². The van der Waals surface area contributed by atoms with E-state index in [1.807, 2.05) is 18.2 Å². The molecule has 0 saturated carbocycles. The lowest BCUT2D eigenvalue weighted by Gasteiger charge is -2.33. The number of benzene rings is 1. The van der Waals surface area contributed by atoms with Crippen molar-refractivity contribution in [3.05, 3.63) is 28.2 Å². The monoisotopic (exact) mass is 381 g/mol. The van der Waals surface area contributed by atoms with E-state index < -0.39 is 0 Å². The maximum Gasteiger partial charge on any atom is 0.315 e. The minimum Gasteiger partial charge on any atom is -0.493 e. The van der Waals surface area contributed by atoms with Gasteiger partial charge in [-0.25, -0.2) is 4.79 Å². The highest BCUT2D eigenvalue weighted by molar-refractivity contribution is 9.10. The van der Waals surface area contributed by atoms with E-state index >= 15 is 0 Å². The van der Waals surface area contributed by atoms with Crippen LogP contribution in [0.5, 0.6) is 5.75 Å². The van der Waals surface area contributed by atoms with E-state index in [9.17, 15) is 4.79 Å². The third-order valence-corrected chi connectivity index (χ3v) is 5.10. The van der Waals surface area contributed by atoms with Gasteiger partial charge in [-0.1, -0.05) is 22.9 Å². The molecule has 23 heavy (non-hydrogen) atoms. The third kappa shape index (κ3) is 4.18. The first-order valence-electron chi connectivity index (χ1n) is 8.37. The molecule has 2 atom stereocenters. The standard InChI is InChI=1S/C17H24BrN3O2/c1-2-21-8-3-4-13(11-21)19-17(22)20-15-7-9-23-16-6-5-12(18)10-14(15)16/h5-6,10,13,15H,2-4,7-9,11H2,1H3,(H2,19,20,22)/t13-,15+/m0/s1. The molecule has 1 saturated heterocycles. The Morgan fingerprint density at radius 3 is 3.09 bits per heavy atom.